The van der Waals surface area contributed by atoms with Crippen molar-refractivity contribution in [2.45, 2.75) is 187 Å². The second-order valence-corrected chi connectivity index (χ2v) is 12.9. The minimum atomic E-state index is -0.863. The molecule has 0 spiro atoms. The molecule has 0 aromatic heterocycles. The van der Waals surface area contributed by atoms with E-state index in [0.717, 1.165) is 38.5 Å². The molecule has 2 atom stereocenters. The average Bonchev–Trinajstić information content (AvgIpc) is 3.06. The molecule has 0 radical (unpaired) electrons. The van der Waals surface area contributed by atoms with Gasteiger partial charge in [0.25, 0.3) is 0 Å². The molecule has 0 rings (SSSR count). The first-order valence-corrected chi connectivity index (χ1v) is 19.3. The summed E-state index contributed by atoms with van der Waals surface area (Å²) in [4.78, 5) is 24.2. The van der Waals surface area contributed by atoms with Gasteiger partial charge in [-0.15, -0.1) is 0 Å². The van der Waals surface area contributed by atoms with Gasteiger partial charge in [0.1, 0.15) is 6.61 Å². The maximum absolute atomic E-state index is 12.2. The van der Waals surface area contributed by atoms with Gasteiger partial charge >= 0.3 is 11.9 Å². The molecular weight excluding hydrogens is 588 g/mol. The number of allylic oxidation sites excluding steroid dienone is 7. The monoisotopic (exact) mass is 661 g/mol. The third-order valence-electron chi connectivity index (χ3n) is 8.23. The highest BCUT2D eigenvalue weighted by Gasteiger charge is 2.16. The van der Waals surface area contributed by atoms with Gasteiger partial charge < -0.3 is 19.7 Å². The lowest BCUT2D eigenvalue weighted by atomic mass is 10.0. The van der Waals surface area contributed by atoms with Crippen LogP contribution < -0.4 is 0 Å². The van der Waals surface area contributed by atoms with E-state index in [9.17, 15) is 19.8 Å². The first kappa shape index (κ1) is 44.8. The smallest absolute Gasteiger partial charge is 0.306 e. The summed E-state index contributed by atoms with van der Waals surface area (Å²) in [6, 6.07) is 0. The number of carbonyl (C=O) groups is 2. The molecule has 0 amide bonds. The Morgan fingerprint density at radius 3 is 1.70 bits per heavy atom. The molecule has 0 unspecified atom stereocenters. The lowest BCUT2D eigenvalue weighted by Gasteiger charge is -2.16. The summed E-state index contributed by atoms with van der Waals surface area (Å²) in [5.41, 5.74) is 0. The fraction of sp³-hybridized carbons (Fsp3) is 0.756. The molecule has 0 saturated carbocycles. The second kappa shape index (κ2) is 36.7. The molecule has 0 fully saturated rings. The Hall–Kier alpha value is -2.18. The largest absolute Gasteiger partial charge is 0.462 e. The van der Waals surface area contributed by atoms with Crippen LogP contribution in [0.1, 0.15) is 174 Å². The van der Waals surface area contributed by atoms with Crippen LogP contribution in [-0.4, -0.2) is 47.6 Å². The van der Waals surface area contributed by atoms with Crippen LogP contribution in [0.4, 0.5) is 0 Å². The Kier molecular flexibility index (Phi) is 35.0. The third-order valence-corrected chi connectivity index (χ3v) is 8.23. The van der Waals surface area contributed by atoms with Gasteiger partial charge in [-0.3, -0.25) is 9.59 Å². The van der Waals surface area contributed by atoms with E-state index in [1.165, 1.54) is 96.3 Å². The summed E-state index contributed by atoms with van der Waals surface area (Å²) in [5.74, 6) is -0.791. The van der Waals surface area contributed by atoms with Crippen LogP contribution in [0.15, 0.2) is 48.6 Å². The Bertz CT molecular complexity index is 815. The van der Waals surface area contributed by atoms with E-state index < -0.39 is 24.8 Å². The Balaban J connectivity index is 3.76. The third kappa shape index (κ3) is 35.0. The van der Waals surface area contributed by atoms with Crippen molar-refractivity contribution in [1.29, 1.82) is 0 Å². The minimum absolute atomic E-state index is 0.127. The predicted molar refractivity (Wildman–Crippen MR) is 197 cm³/mol. The number of esters is 2. The molecule has 6 nitrogen and oxygen atoms in total. The minimum Gasteiger partial charge on any atom is -0.462 e. The van der Waals surface area contributed by atoms with Gasteiger partial charge in [-0.25, -0.2) is 0 Å². The molecule has 0 aliphatic heterocycles. The van der Waals surface area contributed by atoms with Crippen LogP contribution in [0.2, 0.25) is 0 Å². The first-order valence-electron chi connectivity index (χ1n) is 19.3. The van der Waals surface area contributed by atoms with Crippen LogP contribution >= 0.6 is 0 Å². The topological polar surface area (TPSA) is 93.1 Å². The average molecular weight is 661 g/mol. The summed E-state index contributed by atoms with van der Waals surface area (Å²) < 4.78 is 10.5. The van der Waals surface area contributed by atoms with Crippen molar-refractivity contribution in [2.24, 2.45) is 0 Å². The lowest BCUT2D eigenvalue weighted by Crippen LogP contribution is -2.28. The second-order valence-electron chi connectivity index (χ2n) is 12.9. The molecule has 6 heteroatoms. The number of rotatable bonds is 34. The van der Waals surface area contributed by atoms with Crippen molar-refractivity contribution in [3.8, 4) is 0 Å². The maximum Gasteiger partial charge on any atom is 0.306 e. The van der Waals surface area contributed by atoms with Crippen molar-refractivity contribution >= 4 is 11.9 Å². The van der Waals surface area contributed by atoms with Gasteiger partial charge in [-0.2, -0.15) is 0 Å². The molecule has 2 N–H and O–H groups in total. The highest BCUT2D eigenvalue weighted by Crippen LogP contribution is 2.14. The summed E-state index contributed by atoms with van der Waals surface area (Å²) in [7, 11) is 0. The zero-order chi connectivity index (χ0) is 34.5. The predicted octanol–water partition coefficient (Wildman–Crippen LogP) is 10.8. The number of aliphatic hydroxyl groups excluding tert-OH is 2. The first-order chi connectivity index (χ1) is 23.0. The van der Waals surface area contributed by atoms with E-state index in [1.807, 2.05) is 18.2 Å². The number of unbranched alkanes of at least 4 members (excludes halogenated alkanes) is 17. The van der Waals surface area contributed by atoms with Gasteiger partial charge in [0.15, 0.2) is 6.10 Å². The number of hydrogen-bond acceptors (Lipinski definition) is 6. The summed E-state index contributed by atoms with van der Waals surface area (Å²) in [6.07, 6.45) is 42.0. The molecule has 0 saturated heterocycles. The van der Waals surface area contributed by atoms with Gasteiger partial charge in [-0.1, -0.05) is 165 Å². The molecule has 0 aliphatic rings. The Morgan fingerprint density at radius 1 is 0.596 bits per heavy atom. The number of carbonyl (C=O) groups excluding carboxylic acids is 2. The van der Waals surface area contributed by atoms with Crippen molar-refractivity contribution in [1.82, 2.24) is 0 Å². The number of ether oxygens (including phenoxy) is 2. The van der Waals surface area contributed by atoms with Gasteiger partial charge in [-0.05, 0) is 44.9 Å². The van der Waals surface area contributed by atoms with Crippen molar-refractivity contribution < 1.29 is 29.3 Å². The fourth-order valence-electron chi connectivity index (χ4n) is 5.24. The van der Waals surface area contributed by atoms with Crippen LogP contribution in [0.5, 0.6) is 0 Å². The zero-order valence-electron chi connectivity index (χ0n) is 30.4. The van der Waals surface area contributed by atoms with Gasteiger partial charge in [0.2, 0.25) is 0 Å². The maximum atomic E-state index is 12.2. The SMILES string of the molecule is CCCCC/C=C\C/C=C\C/C=C\C=C\[C@H](O)CCCC(=O)O[C@@H](CO)COC(=O)CCCCCCCCCCCCCCCCC. The van der Waals surface area contributed by atoms with Gasteiger partial charge in [0.05, 0.1) is 12.7 Å². The van der Waals surface area contributed by atoms with Crippen LogP contribution in [0.25, 0.3) is 0 Å². The Labute approximate surface area is 289 Å². The zero-order valence-corrected chi connectivity index (χ0v) is 30.4. The molecule has 47 heavy (non-hydrogen) atoms. The summed E-state index contributed by atoms with van der Waals surface area (Å²) in [6.45, 7) is 3.94. The van der Waals surface area contributed by atoms with Crippen LogP contribution in [0, 0.1) is 0 Å². The van der Waals surface area contributed by atoms with Crippen LogP contribution in [0.3, 0.4) is 0 Å². The molecule has 0 aliphatic carbocycles. The standard InChI is InChI=1S/C41H72O6/c1-3-5-7-9-11-13-15-17-18-20-22-24-26-28-30-34-40(44)46-37-39(36-42)47-41(45)35-31-33-38(43)32-29-27-25-23-21-19-16-14-12-10-8-6-4-2/h12,14,19,21,25,27,29,32,38-39,42-43H,3-11,13,15-18,20,22-24,26,28,30-31,33-37H2,1-2H3/b14-12-,21-19-,27-25-,32-29+/t38-,39-/m0/s1. The van der Waals surface area contributed by atoms with Crippen molar-refractivity contribution in [3.05, 3.63) is 48.6 Å². The molecule has 0 bridgehead atoms. The number of aliphatic hydroxyl groups is 2. The number of hydrogen-bond donors (Lipinski definition) is 2. The van der Waals surface area contributed by atoms with E-state index in [4.69, 9.17) is 9.47 Å². The molecule has 0 aromatic carbocycles. The highest BCUT2D eigenvalue weighted by atomic mass is 16.6. The molecule has 272 valence electrons. The normalized spacial score (nSPS) is 13.4. The fourth-order valence-corrected chi connectivity index (χ4v) is 5.24. The van der Waals surface area contributed by atoms with E-state index in [1.54, 1.807) is 6.08 Å². The molecular formula is C41H72O6. The molecule has 0 heterocycles. The Morgan fingerprint density at radius 2 is 1.11 bits per heavy atom. The van der Waals surface area contributed by atoms with E-state index in [-0.39, 0.29) is 19.0 Å². The van der Waals surface area contributed by atoms with E-state index >= 15 is 0 Å². The summed E-state index contributed by atoms with van der Waals surface area (Å²) in [5, 5.41) is 19.7. The molecule has 0 aromatic rings. The lowest BCUT2D eigenvalue weighted by molar-refractivity contribution is -0.161. The summed E-state index contributed by atoms with van der Waals surface area (Å²) >= 11 is 0. The quantitative estimate of drug-likeness (QED) is 0.0309. The van der Waals surface area contributed by atoms with Crippen molar-refractivity contribution in [3.63, 3.8) is 0 Å². The van der Waals surface area contributed by atoms with Crippen LogP contribution in [-0.2, 0) is 19.1 Å². The van der Waals surface area contributed by atoms with E-state index in [0.29, 0.717) is 19.3 Å². The van der Waals surface area contributed by atoms with Crippen molar-refractivity contribution in [2.75, 3.05) is 13.2 Å². The van der Waals surface area contributed by atoms with Gasteiger partial charge in [0, 0.05) is 12.8 Å². The van der Waals surface area contributed by atoms with E-state index in [2.05, 4.69) is 38.2 Å². The highest BCUT2D eigenvalue weighted by molar-refractivity contribution is 5.70.